The van der Waals surface area contributed by atoms with Gasteiger partial charge < -0.3 is 8.98 Å². The smallest absolute Gasteiger partial charge is 0.164 e. The van der Waals surface area contributed by atoms with Crippen LogP contribution >= 0.6 is 0 Å². The number of rotatable bonds is 7. The van der Waals surface area contributed by atoms with E-state index in [0.29, 0.717) is 17.5 Å². The summed E-state index contributed by atoms with van der Waals surface area (Å²) >= 11 is 0. The fourth-order valence-corrected chi connectivity index (χ4v) is 8.93. The van der Waals surface area contributed by atoms with Crippen molar-refractivity contribution < 1.29 is 4.42 Å². The van der Waals surface area contributed by atoms with Gasteiger partial charge in [-0.25, -0.2) is 15.0 Å². The van der Waals surface area contributed by atoms with Gasteiger partial charge in [0.2, 0.25) is 0 Å². The molecule has 0 bridgehead atoms. The zero-order valence-corrected chi connectivity index (χ0v) is 34.2. The van der Waals surface area contributed by atoms with E-state index in [4.69, 9.17) is 19.4 Å². The highest BCUT2D eigenvalue weighted by atomic mass is 16.3. The maximum atomic E-state index is 6.27. The Kier molecular flexibility index (Phi) is 8.82. The average Bonchev–Trinajstić information content (AvgIpc) is 3.75. The molecule has 63 heavy (non-hydrogen) atoms. The van der Waals surface area contributed by atoms with Gasteiger partial charge in [-0.2, -0.15) is 0 Å². The second-order valence-corrected chi connectivity index (χ2v) is 16.0. The van der Waals surface area contributed by atoms with Crippen LogP contribution in [0, 0.1) is 0 Å². The Morgan fingerprint density at radius 1 is 0.381 bits per heavy atom. The van der Waals surface area contributed by atoms with Gasteiger partial charge in [-0.3, -0.25) is 0 Å². The Hall–Kier alpha value is -8.41. The molecule has 0 atom stereocenters. The Morgan fingerprint density at radius 2 is 0.968 bits per heavy atom. The van der Waals surface area contributed by atoms with E-state index >= 15 is 0 Å². The molecule has 8 aromatic carbocycles. The average molecular weight is 807 g/mol. The summed E-state index contributed by atoms with van der Waals surface area (Å²) in [4.78, 5) is 15.2. The minimum Gasteiger partial charge on any atom is -0.456 e. The van der Waals surface area contributed by atoms with E-state index in [1.165, 1.54) is 33.0 Å². The van der Waals surface area contributed by atoms with Crippen molar-refractivity contribution in [2.75, 3.05) is 0 Å². The van der Waals surface area contributed by atoms with E-state index in [1.54, 1.807) is 0 Å². The summed E-state index contributed by atoms with van der Waals surface area (Å²) in [7, 11) is 0. The summed E-state index contributed by atoms with van der Waals surface area (Å²) in [6, 6.07) is 66.2. The van der Waals surface area contributed by atoms with Crippen molar-refractivity contribution in [3.05, 3.63) is 224 Å². The molecular weight excluding hydrogens is 769 g/mol. The second-order valence-electron chi connectivity index (χ2n) is 16.0. The Bertz CT molecular complexity index is 3640. The summed E-state index contributed by atoms with van der Waals surface area (Å²) in [6.07, 6.45) is 11.9. The van der Waals surface area contributed by atoms with Crippen molar-refractivity contribution in [1.29, 1.82) is 0 Å². The molecule has 0 saturated heterocycles. The quantitative estimate of drug-likeness (QED) is 0.161. The molecule has 1 aliphatic rings. The molecule has 0 unspecified atom stereocenters. The number of benzene rings is 8. The maximum Gasteiger partial charge on any atom is 0.164 e. The van der Waals surface area contributed by atoms with Gasteiger partial charge >= 0.3 is 0 Å². The third-order valence-electron chi connectivity index (χ3n) is 12.1. The first-order chi connectivity index (χ1) is 31.2. The van der Waals surface area contributed by atoms with Gasteiger partial charge in [-0.15, -0.1) is 0 Å². The van der Waals surface area contributed by atoms with E-state index in [2.05, 4.69) is 168 Å². The lowest BCUT2D eigenvalue weighted by Crippen LogP contribution is -2.00. The zero-order chi connectivity index (χ0) is 41.7. The summed E-state index contributed by atoms with van der Waals surface area (Å²) in [5.74, 6) is 1.80. The normalized spacial score (nSPS) is 12.7. The van der Waals surface area contributed by atoms with Crippen molar-refractivity contribution >= 4 is 49.3 Å². The topological polar surface area (TPSA) is 56.7 Å². The van der Waals surface area contributed by atoms with E-state index in [-0.39, 0.29) is 0 Å². The van der Waals surface area contributed by atoms with Crippen molar-refractivity contribution in [3.63, 3.8) is 0 Å². The molecule has 3 heterocycles. The lowest BCUT2D eigenvalue weighted by molar-refractivity contribution is 0.669. The molecule has 296 valence electrons. The number of furan rings is 1. The molecule has 3 aromatic heterocycles. The predicted octanol–water partition coefficient (Wildman–Crippen LogP) is 15.1. The lowest BCUT2D eigenvalue weighted by Gasteiger charge is -2.12. The number of hydrogen-bond donors (Lipinski definition) is 0. The third-order valence-corrected chi connectivity index (χ3v) is 12.1. The number of aromatic nitrogens is 4. The molecule has 0 radical (unpaired) electrons. The number of nitrogens with zero attached hydrogens (tertiary/aromatic N) is 4. The Morgan fingerprint density at radius 3 is 1.83 bits per heavy atom. The van der Waals surface area contributed by atoms with Crippen LogP contribution in [0.2, 0.25) is 0 Å². The third kappa shape index (κ3) is 6.64. The van der Waals surface area contributed by atoms with Crippen LogP contribution in [0.1, 0.15) is 12.0 Å². The molecule has 5 heteroatoms. The SMILES string of the molecule is C1=CCC=CC(c2ccc(-c3ccc4c5ccccc5n(-c5cccc(-c6cccc(-c7nc(-c8ccccc8)nc(-c8ccc9c(c8)oc8ccccc89)n7)c6)c5)c4c3)cc2)=C1. The lowest BCUT2D eigenvalue weighted by atomic mass is 9.99. The van der Waals surface area contributed by atoms with Crippen LogP contribution in [0.3, 0.4) is 0 Å². The first-order valence-corrected chi connectivity index (χ1v) is 21.3. The Balaban J connectivity index is 0.936. The number of hydrogen-bond acceptors (Lipinski definition) is 4. The highest BCUT2D eigenvalue weighted by molar-refractivity contribution is 6.10. The molecule has 12 rings (SSSR count). The monoisotopic (exact) mass is 806 g/mol. The van der Waals surface area contributed by atoms with Crippen LogP contribution < -0.4 is 0 Å². The second kappa shape index (κ2) is 15.2. The fourth-order valence-electron chi connectivity index (χ4n) is 8.93. The van der Waals surface area contributed by atoms with Crippen molar-refractivity contribution in [2.45, 2.75) is 6.42 Å². The van der Waals surface area contributed by atoms with Crippen LogP contribution in [0.4, 0.5) is 0 Å². The zero-order valence-electron chi connectivity index (χ0n) is 34.2. The van der Waals surface area contributed by atoms with E-state index in [1.807, 2.05) is 54.6 Å². The van der Waals surface area contributed by atoms with Gasteiger partial charge in [0.05, 0.1) is 11.0 Å². The largest absolute Gasteiger partial charge is 0.456 e. The summed E-state index contributed by atoms with van der Waals surface area (Å²) < 4.78 is 8.66. The minimum absolute atomic E-state index is 0.585. The van der Waals surface area contributed by atoms with Crippen LogP contribution in [0.5, 0.6) is 0 Å². The molecular formula is C58H38N4O. The van der Waals surface area contributed by atoms with E-state index in [9.17, 15) is 0 Å². The van der Waals surface area contributed by atoms with Crippen LogP contribution in [-0.2, 0) is 0 Å². The molecule has 5 nitrogen and oxygen atoms in total. The summed E-state index contributed by atoms with van der Waals surface area (Å²) in [6.45, 7) is 0. The van der Waals surface area contributed by atoms with Crippen molar-refractivity contribution in [3.8, 4) is 62.1 Å². The predicted molar refractivity (Wildman–Crippen MR) is 259 cm³/mol. The van der Waals surface area contributed by atoms with Crippen LogP contribution in [0.15, 0.2) is 223 Å². The molecule has 0 amide bonds. The molecule has 11 aromatic rings. The van der Waals surface area contributed by atoms with Crippen LogP contribution in [-0.4, -0.2) is 19.5 Å². The highest BCUT2D eigenvalue weighted by Gasteiger charge is 2.17. The summed E-state index contributed by atoms with van der Waals surface area (Å²) in [5, 5.41) is 4.59. The van der Waals surface area contributed by atoms with Crippen molar-refractivity contribution in [1.82, 2.24) is 19.5 Å². The van der Waals surface area contributed by atoms with Gasteiger partial charge in [-0.1, -0.05) is 170 Å². The number of fused-ring (bicyclic) bond motifs is 6. The van der Waals surface area contributed by atoms with E-state index in [0.717, 1.165) is 72.9 Å². The molecule has 1 aliphatic carbocycles. The number of para-hydroxylation sites is 2. The first-order valence-electron chi connectivity index (χ1n) is 21.3. The van der Waals surface area contributed by atoms with Crippen LogP contribution in [0.25, 0.3) is 111 Å². The Labute approximate surface area is 364 Å². The molecule has 0 saturated carbocycles. The molecule has 0 N–H and O–H groups in total. The first kappa shape index (κ1) is 36.4. The minimum atomic E-state index is 0.585. The van der Waals surface area contributed by atoms with Crippen molar-refractivity contribution in [2.24, 2.45) is 0 Å². The molecule has 0 aliphatic heterocycles. The maximum absolute atomic E-state index is 6.27. The molecule has 0 spiro atoms. The number of allylic oxidation sites excluding steroid dienone is 6. The van der Waals surface area contributed by atoms with Gasteiger partial charge in [0.1, 0.15) is 11.2 Å². The van der Waals surface area contributed by atoms with Gasteiger partial charge in [0, 0.05) is 43.9 Å². The van der Waals surface area contributed by atoms with Gasteiger partial charge in [-0.05, 0) is 88.3 Å². The fraction of sp³-hybridized carbons (Fsp3) is 0.0172. The van der Waals surface area contributed by atoms with E-state index < -0.39 is 0 Å². The molecule has 0 fully saturated rings. The summed E-state index contributed by atoms with van der Waals surface area (Å²) in [5.41, 5.74) is 14.7. The highest BCUT2D eigenvalue weighted by Crippen LogP contribution is 2.37. The van der Waals surface area contributed by atoms with Gasteiger partial charge in [0.25, 0.3) is 0 Å². The van der Waals surface area contributed by atoms with Gasteiger partial charge in [0.15, 0.2) is 17.5 Å². The standard InChI is InChI=1S/C58H38N4O/c1-2-5-15-38(14-4-1)39-26-28-40(29-27-39)44-30-32-49-48-22-8-10-24-52(48)62(53(49)36-44)47-21-13-19-43(35-47)42-18-12-20-45(34-42)57-59-56(41-16-6-3-7-17-41)60-58(61-57)46-31-33-51-50-23-9-11-25-54(50)63-55(51)37-46/h1,3-37H,2H2.